The minimum absolute atomic E-state index is 0.101. The van der Waals surface area contributed by atoms with E-state index in [1.807, 2.05) is 0 Å². The Bertz CT molecular complexity index is 553. The number of benzene rings is 1. The maximum absolute atomic E-state index is 13.5. The summed E-state index contributed by atoms with van der Waals surface area (Å²) >= 11 is 6.83. The van der Waals surface area contributed by atoms with Crippen LogP contribution < -0.4 is 0 Å². The second kappa shape index (κ2) is 4.93. The van der Waals surface area contributed by atoms with Crippen molar-refractivity contribution in [1.82, 2.24) is 0 Å². The van der Waals surface area contributed by atoms with Crippen LogP contribution in [0.1, 0.15) is 15.9 Å². The number of halogens is 3. The highest BCUT2D eigenvalue weighted by atomic mass is 127. The van der Waals surface area contributed by atoms with Gasteiger partial charge in [-0.2, -0.15) is 0 Å². The topological polar surface area (TPSA) is 17.1 Å². The van der Waals surface area contributed by atoms with Crippen molar-refractivity contribution in [3.8, 4) is 0 Å². The maximum Gasteiger partial charge on any atom is 0.196 e. The Morgan fingerprint density at radius 3 is 2.75 bits per heavy atom. The zero-order valence-corrected chi connectivity index (χ0v) is 12.4. The zero-order valence-electron chi connectivity index (χ0n) is 7.84. The average molecular weight is 411 g/mol. The van der Waals surface area contributed by atoms with Crippen molar-refractivity contribution >= 4 is 55.6 Å². The Hall–Kier alpha value is -0.270. The molecule has 0 N–H and O–H groups in total. The van der Waals surface area contributed by atoms with Gasteiger partial charge in [0, 0.05) is 15.4 Å². The van der Waals surface area contributed by atoms with Crippen LogP contribution in [0.3, 0.4) is 0 Å². The number of rotatable bonds is 2. The second-order valence-corrected chi connectivity index (χ2v) is 6.81. The Morgan fingerprint density at radius 1 is 1.38 bits per heavy atom. The molecule has 0 aliphatic carbocycles. The molecule has 16 heavy (non-hydrogen) atoms. The highest BCUT2D eigenvalue weighted by molar-refractivity contribution is 14.1. The molecule has 1 nitrogen and oxygen atoms in total. The Labute approximate surface area is 118 Å². The van der Waals surface area contributed by atoms with Gasteiger partial charge in [0.05, 0.1) is 8.45 Å². The van der Waals surface area contributed by atoms with Gasteiger partial charge in [-0.15, -0.1) is 11.3 Å². The molecule has 1 aromatic carbocycles. The first-order chi connectivity index (χ1) is 7.58. The van der Waals surface area contributed by atoms with Gasteiger partial charge in [-0.3, -0.25) is 4.79 Å². The lowest BCUT2D eigenvalue weighted by atomic mass is 10.1. The molecule has 5 heteroatoms. The van der Waals surface area contributed by atoms with Crippen molar-refractivity contribution in [2.45, 2.75) is 0 Å². The predicted octanol–water partition coefficient (Wildman–Crippen LogP) is 4.49. The summed E-state index contributed by atoms with van der Waals surface area (Å²) in [7, 11) is 0. The first-order valence-corrected chi connectivity index (χ1v) is 7.07. The average Bonchev–Trinajstić information content (AvgIpc) is 2.67. The molecule has 2 rings (SSSR count). The highest BCUT2D eigenvalue weighted by Gasteiger charge is 2.15. The van der Waals surface area contributed by atoms with E-state index in [1.165, 1.54) is 23.5 Å². The van der Waals surface area contributed by atoms with Crippen molar-refractivity contribution < 1.29 is 9.18 Å². The summed E-state index contributed by atoms with van der Waals surface area (Å²) in [6.45, 7) is 0. The fourth-order valence-electron chi connectivity index (χ4n) is 1.26. The molecule has 82 valence electrons. The SMILES string of the molecule is O=C(c1csc(I)c1)c1cc(Br)ccc1F. The standard InChI is InChI=1S/C11H5BrFIOS/c12-7-1-2-9(13)8(4-7)11(15)6-3-10(14)16-5-6/h1-5H. The lowest BCUT2D eigenvalue weighted by Gasteiger charge is -2.01. The molecule has 0 saturated carbocycles. The fourth-order valence-corrected chi connectivity index (χ4v) is 2.94. The van der Waals surface area contributed by atoms with Gasteiger partial charge in [0.15, 0.2) is 5.78 Å². The second-order valence-electron chi connectivity index (χ2n) is 3.09. The number of ketones is 1. The molecule has 0 aliphatic rings. The smallest absolute Gasteiger partial charge is 0.196 e. The van der Waals surface area contributed by atoms with E-state index in [4.69, 9.17) is 0 Å². The first kappa shape index (κ1) is 12.2. The number of carbonyl (C=O) groups excluding carboxylic acids is 1. The van der Waals surface area contributed by atoms with Crippen LogP contribution in [-0.4, -0.2) is 5.78 Å². The molecule has 0 radical (unpaired) electrons. The van der Waals surface area contributed by atoms with E-state index < -0.39 is 5.82 Å². The predicted molar refractivity (Wildman–Crippen MR) is 74.6 cm³/mol. The Morgan fingerprint density at radius 2 is 2.12 bits per heavy atom. The van der Waals surface area contributed by atoms with Crippen LogP contribution in [0, 0.1) is 8.70 Å². The van der Waals surface area contributed by atoms with E-state index in [0.29, 0.717) is 10.0 Å². The monoisotopic (exact) mass is 410 g/mol. The van der Waals surface area contributed by atoms with Crippen molar-refractivity contribution in [2.75, 3.05) is 0 Å². The summed E-state index contributed by atoms with van der Waals surface area (Å²) in [5.41, 5.74) is 0.634. The Balaban J connectivity index is 2.45. The maximum atomic E-state index is 13.5. The molecule has 1 heterocycles. The Kier molecular flexibility index (Phi) is 3.76. The lowest BCUT2D eigenvalue weighted by Crippen LogP contribution is -2.02. The third kappa shape index (κ3) is 2.52. The van der Waals surface area contributed by atoms with E-state index in [-0.39, 0.29) is 11.3 Å². The molecule has 0 saturated heterocycles. The van der Waals surface area contributed by atoms with Gasteiger partial charge in [0.25, 0.3) is 0 Å². The summed E-state index contributed by atoms with van der Waals surface area (Å²) in [5.74, 6) is -0.771. The van der Waals surface area contributed by atoms with Crippen molar-refractivity contribution in [3.63, 3.8) is 0 Å². The summed E-state index contributed by atoms with van der Waals surface area (Å²) in [4.78, 5) is 12.0. The molecule has 2 aromatic rings. The van der Waals surface area contributed by atoms with Gasteiger partial charge in [-0.05, 0) is 46.9 Å². The summed E-state index contributed by atoms with van der Waals surface area (Å²) < 4.78 is 15.2. The van der Waals surface area contributed by atoms with Gasteiger partial charge in [0.2, 0.25) is 0 Å². The third-order valence-corrected chi connectivity index (χ3v) is 4.28. The third-order valence-electron chi connectivity index (χ3n) is 2.00. The normalized spacial score (nSPS) is 10.4. The molecule has 1 aromatic heterocycles. The summed E-state index contributed by atoms with van der Waals surface area (Å²) in [6, 6.07) is 6.12. The van der Waals surface area contributed by atoms with Crippen LogP contribution in [0.25, 0.3) is 0 Å². The molecule has 0 spiro atoms. The van der Waals surface area contributed by atoms with Gasteiger partial charge >= 0.3 is 0 Å². The minimum atomic E-state index is -0.491. The van der Waals surface area contributed by atoms with Crippen LogP contribution in [0.4, 0.5) is 4.39 Å². The number of hydrogen-bond donors (Lipinski definition) is 0. The van der Waals surface area contributed by atoms with Crippen molar-refractivity contribution in [2.24, 2.45) is 0 Å². The van der Waals surface area contributed by atoms with Crippen LogP contribution in [-0.2, 0) is 0 Å². The van der Waals surface area contributed by atoms with E-state index in [0.717, 1.165) is 2.88 Å². The van der Waals surface area contributed by atoms with Gasteiger partial charge in [-0.25, -0.2) is 4.39 Å². The molecular weight excluding hydrogens is 406 g/mol. The number of thiophene rings is 1. The molecule has 0 atom stereocenters. The quantitative estimate of drug-likeness (QED) is 0.526. The molecule has 0 fully saturated rings. The van der Waals surface area contributed by atoms with Gasteiger partial charge in [-0.1, -0.05) is 15.9 Å². The lowest BCUT2D eigenvalue weighted by molar-refractivity contribution is 0.103. The zero-order chi connectivity index (χ0) is 11.7. The molecule has 0 unspecified atom stereocenters. The fraction of sp³-hybridized carbons (Fsp3) is 0. The van der Waals surface area contributed by atoms with Crippen molar-refractivity contribution in [3.05, 3.63) is 53.9 Å². The van der Waals surface area contributed by atoms with Gasteiger partial charge < -0.3 is 0 Å². The molecule has 0 bridgehead atoms. The minimum Gasteiger partial charge on any atom is -0.288 e. The van der Waals surface area contributed by atoms with Crippen LogP contribution in [0.2, 0.25) is 0 Å². The van der Waals surface area contributed by atoms with E-state index in [2.05, 4.69) is 38.5 Å². The van der Waals surface area contributed by atoms with Crippen LogP contribution in [0.5, 0.6) is 0 Å². The summed E-state index contributed by atoms with van der Waals surface area (Å²) in [6.07, 6.45) is 0. The van der Waals surface area contributed by atoms with Gasteiger partial charge in [0.1, 0.15) is 5.82 Å². The molecule has 0 amide bonds. The molecular formula is C11H5BrFIOS. The number of carbonyl (C=O) groups is 1. The largest absolute Gasteiger partial charge is 0.288 e. The van der Waals surface area contributed by atoms with Crippen LogP contribution >= 0.6 is 49.9 Å². The van der Waals surface area contributed by atoms with E-state index >= 15 is 0 Å². The van der Waals surface area contributed by atoms with Crippen LogP contribution in [0.15, 0.2) is 34.1 Å². The van der Waals surface area contributed by atoms with Crippen molar-refractivity contribution in [1.29, 1.82) is 0 Å². The highest BCUT2D eigenvalue weighted by Crippen LogP contribution is 2.22. The van der Waals surface area contributed by atoms with E-state index in [1.54, 1.807) is 17.5 Å². The first-order valence-electron chi connectivity index (χ1n) is 4.31. The molecule has 0 aliphatic heterocycles. The number of hydrogen-bond acceptors (Lipinski definition) is 2. The van der Waals surface area contributed by atoms with E-state index in [9.17, 15) is 9.18 Å². The summed E-state index contributed by atoms with van der Waals surface area (Å²) in [5, 5.41) is 1.74.